The van der Waals surface area contributed by atoms with Gasteiger partial charge in [0.25, 0.3) is 0 Å². The maximum absolute atomic E-state index is 13.1. The number of nitrogens with one attached hydrogen (secondary N) is 4. The number of hydrogen-bond acceptors (Lipinski definition) is 7. The van der Waals surface area contributed by atoms with Crippen molar-refractivity contribution in [3.63, 3.8) is 0 Å². The Bertz CT molecular complexity index is 1140. The average Bonchev–Trinajstić information content (AvgIpc) is 3.23. The highest BCUT2D eigenvalue weighted by Crippen LogP contribution is 2.19. The number of carboxylic acid groups (broad SMARTS) is 1. The second-order valence-electron chi connectivity index (χ2n) is 9.17. The van der Waals surface area contributed by atoms with E-state index in [1.54, 1.807) is 6.20 Å². The lowest BCUT2D eigenvalue weighted by Gasteiger charge is -2.25. The van der Waals surface area contributed by atoms with Crippen LogP contribution in [0, 0.1) is 5.92 Å². The highest BCUT2D eigenvalue weighted by Gasteiger charge is 2.31. The number of nitrogens with two attached hydrogens (primary N) is 2. The number of thiol groups is 1. The van der Waals surface area contributed by atoms with Crippen LogP contribution in [0.2, 0.25) is 0 Å². The van der Waals surface area contributed by atoms with Gasteiger partial charge in [0.05, 0.1) is 12.5 Å². The van der Waals surface area contributed by atoms with Gasteiger partial charge in [0.1, 0.15) is 18.1 Å². The number of aromatic amines is 1. The molecule has 202 valence electrons. The van der Waals surface area contributed by atoms with Crippen molar-refractivity contribution in [2.24, 2.45) is 17.4 Å². The molecule has 0 aliphatic heterocycles. The fraction of sp³-hybridized carbons (Fsp3) is 0.458. The summed E-state index contributed by atoms with van der Waals surface area (Å²) in [7, 11) is 0. The van der Waals surface area contributed by atoms with Crippen LogP contribution < -0.4 is 27.4 Å². The lowest BCUT2D eigenvalue weighted by Crippen LogP contribution is -2.58. The second kappa shape index (κ2) is 13.7. The summed E-state index contributed by atoms with van der Waals surface area (Å²) in [5.74, 6) is -4.67. The summed E-state index contributed by atoms with van der Waals surface area (Å²) < 4.78 is 0. The summed E-state index contributed by atoms with van der Waals surface area (Å²) in [6.45, 7) is 3.69. The minimum absolute atomic E-state index is 0.0233. The van der Waals surface area contributed by atoms with Crippen LogP contribution in [0.15, 0.2) is 30.5 Å². The van der Waals surface area contributed by atoms with Crippen LogP contribution in [-0.2, 0) is 30.4 Å². The molecule has 12 nitrogen and oxygen atoms in total. The topological polar surface area (TPSA) is 209 Å². The summed E-state index contributed by atoms with van der Waals surface area (Å²) >= 11 is 3.88. The van der Waals surface area contributed by atoms with E-state index in [-0.39, 0.29) is 24.5 Å². The number of aromatic nitrogens is 1. The van der Waals surface area contributed by atoms with E-state index >= 15 is 0 Å². The quantitative estimate of drug-likeness (QED) is 0.148. The Morgan fingerprint density at radius 2 is 1.57 bits per heavy atom. The molecule has 1 aromatic carbocycles. The smallest absolute Gasteiger partial charge is 0.327 e. The first-order chi connectivity index (χ1) is 17.4. The molecule has 0 saturated heterocycles. The molecule has 2 aromatic rings. The largest absolute Gasteiger partial charge is 0.480 e. The van der Waals surface area contributed by atoms with Gasteiger partial charge in [-0.15, -0.1) is 0 Å². The molecule has 0 spiro atoms. The number of rotatable bonds is 14. The SMILES string of the molecule is CC(C)CC(NC(=O)C(N)Cc1c[nH]c2ccccc12)C(=O)NC(CC(N)=O)C(=O)NC(CS)C(=O)O. The maximum Gasteiger partial charge on any atom is 0.327 e. The Labute approximate surface area is 219 Å². The highest BCUT2D eigenvalue weighted by atomic mass is 32.1. The van der Waals surface area contributed by atoms with Crippen LogP contribution in [0.3, 0.4) is 0 Å². The number of hydrogen-bond donors (Lipinski definition) is 8. The second-order valence-corrected chi connectivity index (χ2v) is 9.54. The lowest BCUT2D eigenvalue weighted by molar-refractivity contribution is -0.141. The number of aliphatic carboxylic acids is 1. The molecule has 0 fully saturated rings. The summed E-state index contributed by atoms with van der Waals surface area (Å²) in [6, 6.07) is 2.77. The number of para-hydroxylation sites is 1. The molecule has 1 heterocycles. The van der Waals surface area contributed by atoms with Gasteiger partial charge in [0.2, 0.25) is 23.6 Å². The Kier molecular flexibility index (Phi) is 10.9. The predicted octanol–water partition coefficient (Wildman–Crippen LogP) is -0.572. The Morgan fingerprint density at radius 1 is 0.973 bits per heavy atom. The van der Waals surface area contributed by atoms with Gasteiger partial charge in [-0.1, -0.05) is 32.0 Å². The van der Waals surface area contributed by atoms with Crippen molar-refractivity contribution in [3.05, 3.63) is 36.0 Å². The molecule has 9 N–H and O–H groups in total. The number of fused-ring (bicyclic) bond motifs is 1. The molecule has 4 unspecified atom stereocenters. The van der Waals surface area contributed by atoms with E-state index < -0.39 is 60.2 Å². The third-order valence-electron chi connectivity index (χ3n) is 5.63. The van der Waals surface area contributed by atoms with Crippen LogP contribution in [0.25, 0.3) is 10.9 Å². The van der Waals surface area contributed by atoms with Gasteiger partial charge < -0.3 is 37.5 Å². The molecule has 1 aromatic heterocycles. The van der Waals surface area contributed by atoms with Gasteiger partial charge in [-0.3, -0.25) is 19.2 Å². The van der Waals surface area contributed by atoms with Gasteiger partial charge in [0.15, 0.2) is 0 Å². The standard InChI is InChI=1S/C24H34N6O6S/c1-12(2)7-17(22(33)29-18(9-20(26)31)23(34)30-19(11-37)24(35)36)28-21(32)15(25)8-13-10-27-16-6-4-3-5-14(13)16/h3-6,10,12,15,17-19,27,37H,7-9,11,25H2,1-2H3,(H2,26,31)(H,28,32)(H,29,33)(H,30,34)(H,35,36). The predicted molar refractivity (Wildman–Crippen MR) is 141 cm³/mol. The molecule has 4 amide bonds. The molecule has 0 bridgehead atoms. The van der Waals surface area contributed by atoms with Crippen molar-refractivity contribution in [2.75, 3.05) is 5.75 Å². The molecule has 37 heavy (non-hydrogen) atoms. The Balaban J connectivity index is 2.12. The van der Waals surface area contributed by atoms with Crippen molar-refractivity contribution >= 4 is 53.1 Å². The number of carboxylic acids is 1. The van der Waals surface area contributed by atoms with Gasteiger partial charge in [0, 0.05) is 22.9 Å². The van der Waals surface area contributed by atoms with Gasteiger partial charge in [-0.25, -0.2) is 4.79 Å². The Morgan fingerprint density at radius 3 is 2.16 bits per heavy atom. The van der Waals surface area contributed by atoms with E-state index in [0.29, 0.717) is 0 Å². The number of H-pyrrole nitrogens is 1. The zero-order chi connectivity index (χ0) is 27.7. The van der Waals surface area contributed by atoms with E-state index in [0.717, 1.165) is 16.5 Å². The summed E-state index contributed by atoms with van der Waals surface area (Å²) in [6.07, 6.45) is 1.65. The van der Waals surface area contributed by atoms with Crippen LogP contribution in [0.1, 0.15) is 32.3 Å². The average molecular weight is 535 g/mol. The summed E-state index contributed by atoms with van der Waals surface area (Å²) in [5, 5.41) is 17.3. The zero-order valence-corrected chi connectivity index (χ0v) is 21.6. The van der Waals surface area contributed by atoms with Crippen molar-refractivity contribution in [3.8, 4) is 0 Å². The van der Waals surface area contributed by atoms with E-state index in [9.17, 15) is 24.0 Å². The zero-order valence-electron chi connectivity index (χ0n) is 20.7. The molecular weight excluding hydrogens is 500 g/mol. The molecule has 13 heteroatoms. The molecule has 0 radical (unpaired) electrons. The molecular formula is C24H34N6O6S. The lowest BCUT2D eigenvalue weighted by atomic mass is 10.0. The number of carbonyl (C=O) groups excluding carboxylic acids is 4. The molecule has 0 aliphatic carbocycles. The van der Waals surface area contributed by atoms with Gasteiger partial charge >= 0.3 is 5.97 Å². The first-order valence-corrected chi connectivity index (χ1v) is 12.4. The molecule has 4 atom stereocenters. The monoisotopic (exact) mass is 534 g/mol. The van der Waals surface area contributed by atoms with Crippen LogP contribution in [-0.4, -0.2) is 69.6 Å². The van der Waals surface area contributed by atoms with E-state index in [1.165, 1.54) is 0 Å². The van der Waals surface area contributed by atoms with Gasteiger partial charge in [-0.05, 0) is 30.4 Å². The maximum atomic E-state index is 13.1. The van der Waals surface area contributed by atoms with E-state index in [2.05, 4.69) is 33.6 Å². The van der Waals surface area contributed by atoms with Crippen molar-refractivity contribution in [2.45, 2.75) is 57.3 Å². The number of amides is 4. The molecule has 2 rings (SSSR count). The minimum Gasteiger partial charge on any atom is -0.480 e. The van der Waals surface area contributed by atoms with Crippen molar-refractivity contribution in [1.29, 1.82) is 0 Å². The summed E-state index contributed by atoms with van der Waals surface area (Å²) in [4.78, 5) is 64.5. The number of primary amides is 1. The van der Waals surface area contributed by atoms with Crippen molar-refractivity contribution < 1.29 is 29.1 Å². The highest BCUT2D eigenvalue weighted by molar-refractivity contribution is 7.80. The third kappa shape index (κ3) is 8.79. The molecule has 0 aliphatic rings. The van der Waals surface area contributed by atoms with Crippen LogP contribution in [0.4, 0.5) is 0 Å². The first kappa shape index (κ1) is 29.6. The number of benzene rings is 1. The first-order valence-electron chi connectivity index (χ1n) is 11.8. The van der Waals surface area contributed by atoms with Crippen LogP contribution >= 0.6 is 12.6 Å². The molecule has 0 saturated carbocycles. The van der Waals surface area contributed by atoms with Gasteiger partial charge in [-0.2, -0.15) is 12.6 Å². The Hall–Kier alpha value is -3.58. The minimum atomic E-state index is -1.45. The fourth-order valence-corrected chi connectivity index (χ4v) is 4.00. The van der Waals surface area contributed by atoms with E-state index in [1.807, 2.05) is 38.1 Å². The van der Waals surface area contributed by atoms with Crippen LogP contribution in [0.5, 0.6) is 0 Å². The van der Waals surface area contributed by atoms with Crippen molar-refractivity contribution in [1.82, 2.24) is 20.9 Å². The van der Waals surface area contributed by atoms with E-state index in [4.69, 9.17) is 16.6 Å². The normalized spacial score (nSPS) is 14.4. The fourth-order valence-electron chi connectivity index (χ4n) is 3.75. The third-order valence-corrected chi connectivity index (χ3v) is 5.99. The summed E-state index contributed by atoms with van der Waals surface area (Å²) in [5.41, 5.74) is 13.1. The number of carbonyl (C=O) groups is 5.